The second kappa shape index (κ2) is 6.30. The number of nitrogens with one attached hydrogen (secondary N) is 1. The lowest BCUT2D eigenvalue weighted by atomic mass is 10.1. The zero-order valence-electron chi connectivity index (χ0n) is 13.3. The van der Waals surface area contributed by atoms with Crippen LogP contribution in [-0.4, -0.2) is 15.9 Å². The Morgan fingerprint density at radius 1 is 1.13 bits per heavy atom. The van der Waals surface area contributed by atoms with Crippen LogP contribution in [0.25, 0.3) is 21.7 Å². The monoisotopic (exact) mass is 323 g/mol. The summed E-state index contributed by atoms with van der Waals surface area (Å²) in [6.45, 7) is 5.51. The van der Waals surface area contributed by atoms with Gasteiger partial charge in [0.25, 0.3) is 0 Å². The van der Waals surface area contributed by atoms with Gasteiger partial charge in [0.1, 0.15) is 0 Å². The van der Waals surface area contributed by atoms with Gasteiger partial charge in [-0.15, -0.1) is 0 Å². The maximum atomic E-state index is 11.4. The van der Waals surface area contributed by atoms with Crippen molar-refractivity contribution in [3.8, 4) is 21.7 Å². The van der Waals surface area contributed by atoms with Crippen molar-refractivity contribution >= 4 is 22.4 Å². The molecule has 2 aromatic heterocycles. The lowest BCUT2D eigenvalue weighted by Gasteiger charge is -2.04. The SMILES string of the molecule is CC(=O)Nc1nc(-c2cccc(C)c2)c(-c2ccnc(C)c2)s1. The van der Waals surface area contributed by atoms with Crippen molar-refractivity contribution in [2.24, 2.45) is 0 Å². The fourth-order valence-corrected chi connectivity index (χ4v) is 3.42. The Morgan fingerprint density at radius 3 is 2.65 bits per heavy atom. The quantitative estimate of drug-likeness (QED) is 0.775. The number of carbonyl (C=O) groups excluding carboxylic acids is 1. The molecule has 0 fully saturated rings. The molecule has 0 spiro atoms. The molecule has 5 heteroatoms. The molecule has 116 valence electrons. The summed E-state index contributed by atoms with van der Waals surface area (Å²) < 4.78 is 0. The summed E-state index contributed by atoms with van der Waals surface area (Å²) in [5, 5.41) is 3.40. The first-order valence-electron chi connectivity index (χ1n) is 7.31. The van der Waals surface area contributed by atoms with Gasteiger partial charge < -0.3 is 5.32 Å². The Bertz CT molecular complexity index is 807. The van der Waals surface area contributed by atoms with Crippen LogP contribution < -0.4 is 5.32 Å². The maximum Gasteiger partial charge on any atom is 0.223 e. The van der Waals surface area contributed by atoms with Crippen molar-refractivity contribution < 1.29 is 4.79 Å². The van der Waals surface area contributed by atoms with E-state index in [-0.39, 0.29) is 5.91 Å². The van der Waals surface area contributed by atoms with Gasteiger partial charge in [0.2, 0.25) is 5.91 Å². The zero-order valence-corrected chi connectivity index (χ0v) is 14.1. The molecule has 2 heterocycles. The fourth-order valence-electron chi connectivity index (χ4n) is 2.39. The second-order valence-electron chi connectivity index (χ2n) is 5.43. The van der Waals surface area contributed by atoms with Crippen molar-refractivity contribution in [3.63, 3.8) is 0 Å². The lowest BCUT2D eigenvalue weighted by molar-refractivity contribution is -0.114. The molecule has 0 unspecified atom stereocenters. The van der Waals surface area contributed by atoms with E-state index in [0.717, 1.165) is 27.4 Å². The first-order valence-corrected chi connectivity index (χ1v) is 8.13. The van der Waals surface area contributed by atoms with E-state index in [1.165, 1.54) is 23.8 Å². The summed E-state index contributed by atoms with van der Waals surface area (Å²) in [5.74, 6) is -0.119. The van der Waals surface area contributed by atoms with Crippen molar-refractivity contribution in [2.45, 2.75) is 20.8 Å². The van der Waals surface area contributed by atoms with Gasteiger partial charge in [0.15, 0.2) is 5.13 Å². The second-order valence-corrected chi connectivity index (χ2v) is 6.43. The number of thiazole rings is 1. The number of hydrogen-bond donors (Lipinski definition) is 1. The van der Waals surface area contributed by atoms with Crippen molar-refractivity contribution in [2.75, 3.05) is 5.32 Å². The summed E-state index contributed by atoms with van der Waals surface area (Å²) in [7, 11) is 0. The Morgan fingerprint density at radius 2 is 1.96 bits per heavy atom. The molecule has 0 bridgehead atoms. The highest BCUT2D eigenvalue weighted by atomic mass is 32.1. The van der Waals surface area contributed by atoms with Gasteiger partial charge in [-0.25, -0.2) is 4.98 Å². The molecule has 23 heavy (non-hydrogen) atoms. The van der Waals surface area contributed by atoms with Crippen LogP contribution in [0, 0.1) is 13.8 Å². The zero-order chi connectivity index (χ0) is 16.4. The average molecular weight is 323 g/mol. The van der Waals surface area contributed by atoms with Crippen LogP contribution in [0.15, 0.2) is 42.6 Å². The first kappa shape index (κ1) is 15.4. The molecule has 0 saturated heterocycles. The van der Waals surface area contributed by atoms with Crippen molar-refractivity contribution in [1.29, 1.82) is 0 Å². The van der Waals surface area contributed by atoms with Gasteiger partial charge in [0, 0.05) is 24.4 Å². The molecule has 3 rings (SSSR count). The minimum absolute atomic E-state index is 0.119. The topological polar surface area (TPSA) is 54.9 Å². The smallest absolute Gasteiger partial charge is 0.223 e. The van der Waals surface area contributed by atoms with Gasteiger partial charge >= 0.3 is 0 Å². The van der Waals surface area contributed by atoms with E-state index in [9.17, 15) is 4.79 Å². The number of aryl methyl sites for hydroxylation is 2. The van der Waals surface area contributed by atoms with E-state index in [4.69, 9.17) is 0 Å². The van der Waals surface area contributed by atoms with Crippen molar-refractivity contribution in [3.05, 3.63) is 53.9 Å². The molecule has 0 radical (unpaired) electrons. The molecule has 0 atom stereocenters. The van der Waals surface area contributed by atoms with E-state index < -0.39 is 0 Å². The van der Waals surface area contributed by atoms with E-state index in [0.29, 0.717) is 5.13 Å². The van der Waals surface area contributed by atoms with E-state index >= 15 is 0 Å². The van der Waals surface area contributed by atoms with E-state index in [1.54, 1.807) is 6.20 Å². The summed E-state index contributed by atoms with van der Waals surface area (Å²) in [6, 6.07) is 12.2. The number of nitrogens with zero attached hydrogens (tertiary/aromatic N) is 2. The Hall–Kier alpha value is -2.53. The third kappa shape index (κ3) is 3.46. The molecule has 1 amide bonds. The lowest BCUT2D eigenvalue weighted by Crippen LogP contribution is -2.04. The predicted molar refractivity (Wildman–Crippen MR) is 94.6 cm³/mol. The van der Waals surface area contributed by atoms with Crippen LogP contribution >= 0.6 is 11.3 Å². The molecular formula is C18H17N3OS. The standard InChI is InChI=1S/C18H17N3OS/c1-11-5-4-6-14(9-11)16-17(15-7-8-19-12(2)10-15)23-18(21-16)20-13(3)22/h4-10H,1-3H3,(H,20,21,22). The van der Waals surface area contributed by atoms with Gasteiger partial charge in [0.05, 0.1) is 10.6 Å². The highest BCUT2D eigenvalue weighted by Crippen LogP contribution is 2.39. The number of benzene rings is 1. The number of amides is 1. The molecular weight excluding hydrogens is 306 g/mol. The van der Waals surface area contributed by atoms with E-state index in [2.05, 4.69) is 34.3 Å². The molecule has 3 aromatic rings. The molecule has 1 N–H and O–H groups in total. The molecule has 0 aliphatic heterocycles. The number of rotatable bonds is 3. The highest BCUT2D eigenvalue weighted by Gasteiger charge is 2.16. The summed E-state index contributed by atoms with van der Waals surface area (Å²) >= 11 is 1.48. The number of anilines is 1. The largest absolute Gasteiger partial charge is 0.302 e. The first-order chi connectivity index (χ1) is 11.0. The molecule has 0 aliphatic carbocycles. The van der Waals surface area contributed by atoms with Gasteiger partial charge in [-0.3, -0.25) is 9.78 Å². The average Bonchev–Trinajstić information content (AvgIpc) is 2.90. The maximum absolute atomic E-state index is 11.4. The van der Waals surface area contributed by atoms with Crippen LogP contribution in [0.5, 0.6) is 0 Å². The fraction of sp³-hybridized carbons (Fsp3) is 0.167. The third-order valence-corrected chi connectivity index (χ3v) is 4.38. The Labute approximate surface area is 139 Å². The third-order valence-electron chi connectivity index (χ3n) is 3.36. The number of hydrogen-bond acceptors (Lipinski definition) is 4. The number of carbonyl (C=O) groups is 1. The van der Waals surface area contributed by atoms with Gasteiger partial charge in [-0.1, -0.05) is 35.1 Å². The Kier molecular flexibility index (Phi) is 4.21. The molecule has 1 aromatic carbocycles. The number of pyridine rings is 1. The Balaban J connectivity index is 2.16. The van der Waals surface area contributed by atoms with Crippen LogP contribution in [0.3, 0.4) is 0 Å². The normalized spacial score (nSPS) is 10.6. The van der Waals surface area contributed by atoms with E-state index in [1.807, 2.05) is 31.2 Å². The van der Waals surface area contributed by atoms with Crippen LogP contribution in [0.4, 0.5) is 5.13 Å². The summed E-state index contributed by atoms with van der Waals surface area (Å²) in [4.78, 5) is 21.3. The summed E-state index contributed by atoms with van der Waals surface area (Å²) in [6.07, 6.45) is 1.79. The minimum atomic E-state index is -0.119. The minimum Gasteiger partial charge on any atom is -0.302 e. The molecule has 0 saturated carbocycles. The number of aromatic nitrogens is 2. The van der Waals surface area contributed by atoms with Crippen LogP contribution in [-0.2, 0) is 4.79 Å². The van der Waals surface area contributed by atoms with Gasteiger partial charge in [-0.2, -0.15) is 0 Å². The highest BCUT2D eigenvalue weighted by molar-refractivity contribution is 7.19. The van der Waals surface area contributed by atoms with Crippen molar-refractivity contribution in [1.82, 2.24) is 9.97 Å². The molecule has 0 aliphatic rings. The summed E-state index contributed by atoms with van der Waals surface area (Å²) in [5.41, 5.74) is 5.11. The van der Waals surface area contributed by atoms with Gasteiger partial charge in [-0.05, 0) is 37.6 Å². The predicted octanol–water partition coefficient (Wildman–Crippen LogP) is 4.45. The van der Waals surface area contributed by atoms with Crippen LogP contribution in [0.1, 0.15) is 18.2 Å². The van der Waals surface area contributed by atoms with Crippen LogP contribution in [0.2, 0.25) is 0 Å². The molecule has 4 nitrogen and oxygen atoms in total.